The van der Waals surface area contributed by atoms with Crippen molar-refractivity contribution in [1.29, 1.82) is 0 Å². The first-order chi connectivity index (χ1) is 6.54. The summed E-state index contributed by atoms with van der Waals surface area (Å²) in [4.78, 5) is 0. The number of aryl methyl sites for hydroxylation is 2. The van der Waals surface area contributed by atoms with Crippen LogP contribution in [-0.4, -0.2) is 5.21 Å². The number of rotatable bonds is 0. The van der Waals surface area contributed by atoms with Gasteiger partial charge in [-0.15, -0.1) is 0 Å². The van der Waals surface area contributed by atoms with E-state index in [1.807, 2.05) is 20.8 Å². The molecule has 0 aliphatic heterocycles. The lowest BCUT2D eigenvalue weighted by molar-refractivity contribution is -0.914. The molecule has 0 aliphatic carbocycles. The monoisotopic (exact) mass is 202 g/mol. The fourth-order valence-electron chi connectivity index (χ4n) is 0.724. The molecule has 0 saturated heterocycles. The van der Waals surface area contributed by atoms with Crippen molar-refractivity contribution in [3.05, 3.63) is 17.3 Å². The molecule has 0 unspecified atom stereocenters. The molecule has 3 heteroatoms. The molecule has 0 aliphatic rings. The van der Waals surface area contributed by atoms with Crippen LogP contribution in [0.2, 0.25) is 0 Å². The van der Waals surface area contributed by atoms with Crippen LogP contribution in [0, 0.1) is 20.8 Å². The average Bonchev–Trinajstić information content (AvgIpc) is 2.38. The Labute approximate surface area is 87.3 Å². The van der Waals surface area contributed by atoms with Crippen LogP contribution >= 0.6 is 0 Å². The molecule has 1 aromatic rings. The zero-order chi connectivity index (χ0) is 11.7. The third-order valence-corrected chi connectivity index (χ3v) is 1.43. The van der Waals surface area contributed by atoms with Crippen molar-refractivity contribution in [2.75, 3.05) is 0 Å². The highest BCUT2D eigenvalue weighted by Crippen LogP contribution is 2.02. The molecular formula is C11H24NO2+. The van der Waals surface area contributed by atoms with E-state index in [1.165, 1.54) is 6.42 Å². The second kappa shape index (κ2) is 8.60. The first-order valence-corrected chi connectivity index (χ1v) is 5.22. The van der Waals surface area contributed by atoms with Crippen LogP contribution in [-0.2, 0) is 0 Å². The topological polar surface area (TPSA) is 37.2 Å². The lowest BCUT2D eigenvalue weighted by Gasteiger charge is -1.75. The molecule has 14 heavy (non-hydrogen) atoms. The minimum Gasteiger partial charge on any atom is -0.404 e. The number of hydrogen-bond acceptors (Lipinski definition) is 2. The Hall–Kier alpha value is -0.990. The summed E-state index contributed by atoms with van der Waals surface area (Å²) in [5, 5.41) is 9.05. The van der Waals surface area contributed by atoms with Gasteiger partial charge in [0, 0.05) is 18.6 Å². The van der Waals surface area contributed by atoms with Crippen LogP contribution in [0.4, 0.5) is 0 Å². The van der Waals surface area contributed by atoms with Crippen LogP contribution in [0.25, 0.3) is 0 Å². The van der Waals surface area contributed by atoms with Crippen LogP contribution in [0.5, 0.6) is 0 Å². The van der Waals surface area contributed by atoms with E-state index in [1.54, 1.807) is 13.8 Å². The number of hydrogen-bond donors (Lipinski definition) is 1. The molecule has 0 radical (unpaired) electrons. The largest absolute Gasteiger partial charge is 0.404 e. The molecule has 1 heterocycles. The summed E-state index contributed by atoms with van der Waals surface area (Å²) >= 11 is 0. The molecule has 1 rings (SSSR count). The summed E-state index contributed by atoms with van der Waals surface area (Å²) in [5.41, 5.74) is 0.757. The highest BCUT2D eigenvalue weighted by molar-refractivity contribution is 4.96. The van der Waals surface area contributed by atoms with Gasteiger partial charge in [-0.1, -0.05) is 34.1 Å². The maximum Gasteiger partial charge on any atom is 0.393 e. The molecule has 0 fully saturated rings. The van der Waals surface area contributed by atoms with E-state index >= 15 is 0 Å². The zero-order valence-corrected chi connectivity index (χ0v) is 10.5. The third kappa shape index (κ3) is 4.90. The van der Waals surface area contributed by atoms with Gasteiger partial charge in [0.25, 0.3) is 5.69 Å². The normalized spacial score (nSPS) is 8.21. The van der Waals surface area contributed by atoms with Gasteiger partial charge < -0.3 is 4.42 Å². The van der Waals surface area contributed by atoms with Crippen molar-refractivity contribution >= 4 is 0 Å². The Bertz CT molecular complexity index is 219. The van der Waals surface area contributed by atoms with Crippen molar-refractivity contribution in [1.82, 2.24) is 0 Å². The van der Waals surface area contributed by atoms with Crippen molar-refractivity contribution < 1.29 is 14.4 Å². The van der Waals surface area contributed by atoms with Gasteiger partial charge in [-0.3, -0.25) is 5.21 Å². The number of nitrogens with zero attached hydrogens (tertiary/aromatic N) is 1. The molecule has 0 saturated carbocycles. The molecule has 0 bridgehead atoms. The van der Waals surface area contributed by atoms with E-state index in [4.69, 9.17) is 9.62 Å². The second-order valence-corrected chi connectivity index (χ2v) is 2.78. The van der Waals surface area contributed by atoms with Crippen molar-refractivity contribution in [3.8, 4) is 0 Å². The van der Waals surface area contributed by atoms with E-state index < -0.39 is 0 Å². The smallest absolute Gasteiger partial charge is 0.393 e. The quantitative estimate of drug-likeness (QED) is 0.518. The summed E-state index contributed by atoms with van der Waals surface area (Å²) in [6.45, 7) is 13.6. The molecule has 84 valence electrons. The predicted molar refractivity (Wildman–Crippen MR) is 57.6 cm³/mol. The van der Waals surface area contributed by atoms with E-state index in [0.29, 0.717) is 5.89 Å². The summed E-state index contributed by atoms with van der Waals surface area (Å²) in [6.07, 6.45) is 1.25. The molecule has 1 aromatic heterocycles. The fourth-order valence-corrected chi connectivity index (χ4v) is 0.724. The summed E-state index contributed by atoms with van der Waals surface area (Å²) in [7, 11) is 0. The lowest BCUT2D eigenvalue weighted by atomic mass is 10.4. The molecule has 0 amide bonds. The average molecular weight is 202 g/mol. The SMILES string of the molecule is CC.CCC.Cc1oc(C)[n+](O)c1C. The van der Waals surface area contributed by atoms with Gasteiger partial charge in [-0.2, -0.15) is 0 Å². The van der Waals surface area contributed by atoms with Gasteiger partial charge in [0.05, 0.1) is 6.92 Å². The Kier molecular flexibility index (Phi) is 9.51. The molecule has 0 aromatic carbocycles. The highest BCUT2D eigenvalue weighted by Gasteiger charge is 2.17. The minimum atomic E-state index is 0.519. The van der Waals surface area contributed by atoms with Gasteiger partial charge in [0.2, 0.25) is 0 Å². The molecule has 1 N–H and O–H groups in total. The maximum absolute atomic E-state index is 9.05. The third-order valence-electron chi connectivity index (χ3n) is 1.43. The molecule has 0 spiro atoms. The number of oxazole rings is 1. The van der Waals surface area contributed by atoms with Crippen molar-refractivity contribution in [3.63, 3.8) is 0 Å². The zero-order valence-electron chi connectivity index (χ0n) is 10.5. The predicted octanol–water partition coefficient (Wildman–Crippen LogP) is 3.17. The first-order valence-electron chi connectivity index (χ1n) is 5.22. The second-order valence-electron chi connectivity index (χ2n) is 2.78. The van der Waals surface area contributed by atoms with E-state index in [-0.39, 0.29) is 0 Å². The van der Waals surface area contributed by atoms with Crippen molar-refractivity contribution in [2.24, 2.45) is 0 Å². The Morgan fingerprint density at radius 2 is 1.50 bits per heavy atom. The fraction of sp³-hybridized carbons (Fsp3) is 0.727. The van der Waals surface area contributed by atoms with Crippen LogP contribution < -0.4 is 4.73 Å². The first kappa shape index (κ1) is 15.5. The summed E-state index contributed by atoms with van der Waals surface area (Å²) in [6, 6.07) is 0. The van der Waals surface area contributed by atoms with E-state index in [9.17, 15) is 0 Å². The van der Waals surface area contributed by atoms with Crippen molar-refractivity contribution in [2.45, 2.75) is 54.9 Å². The Morgan fingerprint density at radius 3 is 1.57 bits per heavy atom. The van der Waals surface area contributed by atoms with Gasteiger partial charge in [-0.05, 0) is 0 Å². The van der Waals surface area contributed by atoms with Crippen LogP contribution in [0.15, 0.2) is 4.42 Å². The Morgan fingerprint density at radius 1 is 1.14 bits per heavy atom. The van der Waals surface area contributed by atoms with E-state index in [0.717, 1.165) is 16.2 Å². The summed E-state index contributed by atoms with van der Waals surface area (Å²) < 4.78 is 6.09. The summed E-state index contributed by atoms with van der Waals surface area (Å²) in [5.74, 6) is 1.28. The van der Waals surface area contributed by atoms with Gasteiger partial charge in [0.15, 0.2) is 5.76 Å². The minimum absolute atomic E-state index is 0.519. The molecular weight excluding hydrogens is 178 g/mol. The highest BCUT2D eigenvalue weighted by atomic mass is 16.5. The van der Waals surface area contributed by atoms with Crippen LogP contribution in [0.1, 0.15) is 51.5 Å². The molecule has 3 nitrogen and oxygen atoms in total. The molecule has 0 atom stereocenters. The standard InChI is InChI=1S/C6H10NO2.C3H8.C2H6/c1-4-5(2)9-6(3)7(4)8;1-3-2;1-2/h8H,1-3H3;3H2,1-2H3;1-2H3/q+1;;. The van der Waals surface area contributed by atoms with E-state index in [2.05, 4.69) is 13.8 Å². The van der Waals surface area contributed by atoms with Gasteiger partial charge in [0.1, 0.15) is 0 Å². The maximum atomic E-state index is 9.05. The van der Waals surface area contributed by atoms with Gasteiger partial charge in [-0.25, -0.2) is 0 Å². The van der Waals surface area contributed by atoms with Gasteiger partial charge >= 0.3 is 5.89 Å². The number of aromatic nitrogens is 1. The van der Waals surface area contributed by atoms with Crippen LogP contribution in [0.3, 0.4) is 0 Å². The lowest BCUT2D eigenvalue weighted by Crippen LogP contribution is -2.33. The Balaban J connectivity index is 0.